The highest BCUT2D eigenvalue weighted by atomic mass is 15.2. The summed E-state index contributed by atoms with van der Waals surface area (Å²) < 4.78 is 0. The van der Waals surface area contributed by atoms with Gasteiger partial charge < -0.3 is 16.4 Å². The van der Waals surface area contributed by atoms with E-state index in [2.05, 4.69) is 17.0 Å². The molecule has 0 amide bonds. The first-order valence-corrected chi connectivity index (χ1v) is 6.13. The third-order valence-electron chi connectivity index (χ3n) is 3.35. The van der Waals surface area contributed by atoms with Crippen LogP contribution in [0.4, 0.5) is 11.4 Å². The second-order valence-corrected chi connectivity index (χ2v) is 4.51. The lowest BCUT2D eigenvalue weighted by Crippen LogP contribution is -2.40. The van der Waals surface area contributed by atoms with E-state index >= 15 is 0 Å². The molecule has 1 aromatic carbocycles. The van der Waals surface area contributed by atoms with Crippen molar-refractivity contribution < 1.29 is 0 Å². The van der Waals surface area contributed by atoms with Crippen LogP contribution >= 0.6 is 0 Å². The maximum Gasteiger partial charge on any atom is 0.0370 e. The lowest BCUT2D eigenvalue weighted by atomic mass is 9.98. The van der Waals surface area contributed by atoms with Crippen molar-refractivity contribution in [2.45, 2.75) is 31.7 Å². The molecule has 0 aromatic heterocycles. The summed E-state index contributed by atoms with van der Waals surface area (Å²) in [5.74, 6) is 0. The standard InChI is InChI=1S/C13H21N3/c14-9-8-12-3-1-2-10-16(12)13-6-4-11(15)5-7-13/h4-7,12H,1-3,8-10,14-15H2. The van der Waals surface area contributed by atoms with Gasteiger partial charge in [0.05, 0.1) is 0 Å². The minimum Gasteiger partial charge on any atom is -0.399 e. The molecule has 3 heteroatoms. The molecule has 16 heavy (non-hydrogen) atoms. The van der Waals surface area contributed by atoms with Crippen molar-refractivity contribution in [1.29, 1.82) is 0 Å². The van der Waals surface area contributed by atoms with Gasteiger partial charge in [-0.05, 0) is 56.5 Å². The van der Waals surface area contributed by atoms with Crippen LogP contribution in [0, 0.1) is 0 Å². The molecule has 88 valence electrons. The average Bonchev–Trinajstić information content (AvgIpc) is 2.32. The smallest absolute Gasteiger partial charge is 0.0370 e. The molecule has 1 heterocycles. The van der Waals surface area contributed by atoms with Gasteiger partial charge in [0.2, 0.25) is 0 Å². The predicted molar refractivity (Wildman–Crippen MR) is 69.5 cm³/mol. The van der Waals surface area contributed by atoms with Crippen molar-refractivity contribution in [3.63, 3.8) is 0 Å². The summed E-state index contributed by atoms with van der Waals surface area (Å²) >= 11 is 0. The van der Waals surface area contributed by atoms with Crippen molar-refractivity contribution in [2.24, 2.45) is 5.73 Å². The van der Waals surface area contributed by atoms with Gasteiger partial charge in [0.1, 0.15) is 0 Å². The fraction of sp³-hybridized carbons (Fsp3) is 0.538. The van der Waals surface area contributed by atoms with Crippen LogP contribution < -0.4 is 16.4 Å². The van der Waals surface area contributed by atoms with Gasteiger partial charge in [0.15, 0.2) is 0 Å². The number of hydrogen-bond donors (Lipinski definition) is 2. The number of benzene rings is 1. The van der Waals surface area contributed by atoms with Gasteiger partial charge in [-0.2, -0.15) is 0 Å². The number of piperidine rings is 1. The van der Waals surface area contributed by atoms with E-state index in [4.69, 9.17) is 11.5 Å². The first-order chi connectivity index (χ1) is 7.81. The van der Waals surface area contributed by atoms with E-state index in [1.54, 1.807) is 0 Å². The highest BCUT2D eigenvalue weighted by molar-refractivity contribution is 5.53. The molecule has 1 aliphatic heterocycles. The fourth-order valence-corrected chi connectivity index (χ4v) is 2.50. The molecular formula is C13H21N3. The molecule has 1 saturated heterocycles. The highest BCUT2D eigenvalue weighted by Crippen LogP contribution is 2.26. The number of rotatable bonds is 3. The molecule has 1 aromatic rings. The molecule has 1 aliphatic rings. The first-order valence-electron chi connectivity index (χ1n) is 6.13. The van der Waals surface area contributed by atoms with E-state index in [1.165, 1.54) is 24.9 Å². The maximum atomic E-state index is 5.71. The second kappa shape index (κ2) is 5.21. The zero-order valence-corrected chi connectivity index (χ0v) is 9.73. The van der Waals surface area contributed by atoms with Gasteiger partial charge in [0.25, 0.3) is 0 Å². The molecule has 0 aliphatic carbocycles. The topological polar surface area (TPSA) is 55.3 Å². The van der Waals surface area contributed by atoms with E-state index in [9.17, 15) is 0 Å². The minimum absolute atomic E-state index is 0.613. The summed E-state index contributed by atoms with van der Waals surface area (Å²) in [6.45, 7) is 1.92. The van der Waals surface area contributed by atoms with Crippen molar-refractivity contribution in [3.8, 4) is 0 Å². The summed E-state index contributed by atoms with van der Waals surface area (Å²) in [5, 5.41) is 0. The Kier molecular flexibility index (Phi) is 3.67. The Bertz CT molecular complexity index is 318. The van der Waals surface area contributed by atoms with Crippen LogP contribution in [0.5, 0.6) is 0 Å². The van der Waals surface area contributed by atoms with E-state index in [0.29, 0.717) is 6.04 Å². The van der Waals surface area contributed by atoms with E-state index < -0.39 is 0 Å². The number of hydrogen-bond acceptors (Lipinski definition) is 3. The summed E-state index contributed by atoms with van der Waals surface area (Å²) in [5.41, 5.74) is 13.5. The molecular weight excluding hydrogens is 198 g/mol. The monoisotopic (exact) mass is 219 g/mol. The van der Waals surface area contributed by atoms with Gasteiger partial charge in [-0.25, -0.2) is 0 Å². The fourth-order valence-electron chi connectivity index (χ4n) is 2.50. The van der Waals surface area contributed by atoms with Crippen molar-refractivity contribution in [2.75, 3.05) is 23.7 Å². The highest BCUT2D eigenvalue weighted by Gasteiger charge is 2.21. The Hall–Kier alpha value is -1.22. The quantitative estimate of drug-likeness (QED) is 0.764. The average molecular weight is 219 g/mol. The predicted octanol–water partition coefficient (Wildman–Crippen LogP) is 1.98. The van der Waals surface area contributed by atoms with Crippen LogP contribution in [0.3, 0.4) is 0 Å². The summed E-state index contributed by atoms with van der Waals surface area (Å²) in [6.07, 6.45) is 4.97. The van der Waals surface area contributed by atoms with Crippen LogP contribution in [0.1, 0.15) is 25.7 Å². The van der Waals surface area contributed by atoms with Gasteiger partial charge in [-0.1, -0.05) is 0 Å². The van der Waals surface area contributed by atoms with Gasteiger partial charge in [0, 0.05) is 24.0 Å². The number of anilines is 2. The molecule has 1 unspecified atom stereocenters. The van der Waals surface area contributed by atoms with Gasteiger partial charge in [-0.3, -0.25) is 0 Å². The van der Waals surface area contributed by atoms with Crippen molar-refractivity contribution in [3.05, 3.63) is 24.3 Å². The Balaban J connectivity index is 2.13. The number of nitrogen functional groups attached to an aromatic ring is 1. The minimum atomic E-state index is 0.613. The lowest BCUT2D eigenvalue weighted by Gasteiger charge is -2.37. The molecule has 0 radical (unpaired) electrons. The Labute approximate surface area is 97.4 Å². The van der Waals surface area contributed by atoms with Crippen molar-refractivity contribution in [1.82, 2.24) is 0 Å². The number of nitrogens with zero attached hydrogens (tertiary/aromatic N) is 1. The van der Waals surface area contributed by atoms with E-state index in [-0.39, 0.29) is 0 Å². The summed E-state index contributed by atoms with van der Waals surface area (Å²) in [7, 11) is 0. The van der Waals surface area contributed by atoms with Crippen LogP contribution in [0.25, 0.3) is 0 Å². The Morgan fingerprint density at radius 2 is 1.94 bits per heavy atom. The molecule has 1 fully saturated rings. The third-order valence-corrected chi connectivity index (χ3v) is 3.35. The largest absolute Gasteiger partial charge is 0.399 e. The second-order valence-electron chi connectivity index (χ2n) is 4.51. The Morgan fingerprint density at radius 1 is 1.19 bits per heavy atom. The SMILES string of the molecule is NCCC1CCCCN1c1ccc(N)cc1. The first kappa shape index (κ1) is 11.3. The number of nitrogens with two attached hydrogens (primary N) is 2. The lowest BCUT2D eigenvalue weighted by molar-refractivity contribution is 0.442. The van der Waals surface area contributed by atoms with Gasteiger partial charge in [-0.15, -0.1) is 0 Å². The van der Waals surface area contributed by atoms with E-state index in [1.807, 2.05) is 12.1 Å². The van der Waals surface area contributed by atoms with Crippen LogP contribution in [0.2, 0.25) is 0 Å². The zero-order chi connectivity index (χ0) is 11.4. The van der Waals surface area contributed by atoms with Gasteiger partial charge >= 0.3 is 0 Å². The molecule has 0 spiro atoms. The normalized spacial score (nSPS) is 21.1. The van der Waals surface area contributed by atoms with E-state index in [0.717, 1.165) is 25.2 Å². The molecule has 0 saturated carbocycles. The molecule has 1 atom stereocenters. The van der Waals surface area contributed by atoms with Crippen LogP contribution in [-0.2, 0) is 0 Å². The molecule has 4 N–H and O–H groups in total. The summed E-state index contributed by atoms with van der Waals surface area (Å²) in [6, 6.07) is 8.80. The third kappa shape index (κ3) is 2.47. The molecule has 2 rings (SSSR count). The Morgan fingerprint density at radius 3 is 2.62 bits per heavy atom. The van der Waals surface area contributed by atoms with Crippen LogP contribution in [-0.4, -0.2) is 19.1 Å². The maximum absolute atomic E-state index is 5.71. The molecule has 3 nitrogen and oxygen atoms in total. The van der Waals surface area contributed by atoms with Crippen LogP contribution in [0.15, 0.2) is 24.3 Å². The zero-order valence-electron chi connectivity index (χ0n) is 9.73. The summed E-state index contributed by atoms with van der Waals surface area (Å²) in [4.78, 5) is 2.48. The molecule has 0 bridgehead atoms. The van der Waals surface area contributed by atoms with Crippen molar-refractivity contribution >= 4 is 11.4 Å².